The molecule has 0 aromatic heterocycles. The Morgan fingerprint density at radius 1 is 0.603 bits per heavy atom. The Bertz CT molecular complexity index is 2690. The van der Waals surface area contributed by atoms with Gasteiger partial charge >= 0.3 is 0 Å². The predicted octanol–water partition coefficient (Wildman–Crippen LogP) is 14.4. The minimum Gasteiger partial charge on any atom is -0.333 e. The smallest absolute Gasteiger partial charge is 0.251 e. The monoisotopic (exact) mass is 830 g/mol. The lowest BCUT2D eigenvalue weighted by Crippen LogP contribution is -2.58. The molecule has 0 amide bonds. The number of hydrogen-bond donors (Lipinski definition) is 0. The van der Waals surface area contributed by atoms with Gasteiger partial charge in [-0.05, 0) is 121 Å². The highest BCUT2D eigenvalue weighted by atomic mass is 15.2. The molecule has 3 nitrogen and oxygen atoms in total. The molecule has 0 fully saturated rings. The minimum absolute atomic E-state index is 0.00704. The summed E-state index contributed by atoms with van der Waals surface area (Å²) in [5.41, 5.74) is 18.9. The lowest BCUT2D eigenvalue weighted by atomic mass is 9.31. The Balaban J connectivity index is 1.31. The fourth-order valence-electron chi connectivity index (χ4n) is 11.6. The van der Waals surface area contributed by atoms with Crippen LogP contribution in [0.4, 0.5) is 34.1 Å². The second kappa shape index (κ2) is 14.4. The summed E-state index contributed by atoms with van der Waals surface area (Å²) in [7, 11) is 0. The maximum atomic E-state index is 2.71. The van der Waals surface area contributed by atoms with Gasteiger partial charge in [0, 0.05) is 51.4 Å². The topological polar surface area (TPSA) is 9.72 Å². The summed E-state index contributed by atoms with van der Waals surface area (Å²) in [4.78, 5) is 7.94. The van der Waals surface area contributed by atoms with Crippen LogP contribution in [0.1, 0.15) is 119 Å². The maximum Gasteiger partial charge on any atom is 0.251 e. The zero-order chi connectivity index (χ0) is 44.5. The van der Waals surface area contributed by atoms with Crippen LogP contribution in [0.15, 0.2) is 150 Å². The molecule has 3 aliphatic heterocycles. The summed E-state index contributed by atoms with van der Waals surface area (Å²) in [5, 5.41) is 0. The Morgan fingerprint density at radius 2 is 1.27 bits per heavy atom. The molecule has 3 aliphatic carbocycles. The molecule has 0 saturated heterocycles. The van der Waals surface area contributed by atoms with Gasteiger partial charge in [-0.15, -0.1) is 0 Å². The van der Waals surface area contributed by atoms with E-state index >= 15 is 0 Å². The number of para-hydroxylation sites is 1. The van der Waals surface area contributed by atoms with Gasteiger partial charge in [-0.3, -0.25) is 0 Å². The first-order chi connectivity index (χ1) is 29.7. The van der Waals surface area contributed by atoms with Crippen LogP contribution in [-0.4, -0.2) is 12.8 Å². The van der Waals surface area contributed by atoms with Crippen LogP contribution in [0, 0.1) is 28.6 Å². The Morgan fingerprint density at radius 3 is 1.92 bits per heavy atom. The van der Waals surface area contributed by atoms with Crippen molar-refractivity contribution in [1.82, 2.24) is 0 Å². The maximum absolute atomic E-state index is 2.71. The summed E-state index contributed by atoms with van der Waals surface area (Å²) in [5.74, 6) is 1.55. The van der Waals surface area contributed by atoms with Crippen molar-refractivity contribution >= 4 is 51.8 Å². The van der Waals surface area contributed by atoms with Crippen molar-refractivity contribution in [3.63, 3.8) is 0 Å². The molecule has 63 heavy (non-hydrogen) atoms. The van der Waals surface area contributed by atoms with Crippen LogP contribution in [0.2, 0.25) is 0 Å². The number of hydrogen-bond acceptors (Lipinski definition) is 3. The van der Waals surface area contributed by atoms with Gasteiger partial charge in [0.05, 0.1) is 6.04 Å². The van der Waals surface area contributed by atoms with E-state index in [1.54, 1.807) is 0 Å². The first kappa shape index (κ1) is 41.8. The normalized spacial score (nSPS) is 23.7. The van der Waals surface area contributed by atoms with Crippen molar-refractivity contribution in [2.75, 3.05) is 14.7 Å². The van der Waals surface area contributed by atoms with E-state index in [0.29, 0.717) is 23.7 Å². The molecule has 4 aromatic carbocycles. The molecule has 10 rings (SSSR count). The van der Waals surface area contributed by atoms with Gasteiger partial charge in [0.15, 0.2) is 0 Å². The lowest BCUT2D eigenvalue weighted by Gasteiger charge is -2.49. The highest BCUT2D eigenvalue weighted by Crippen LogP contribution is 2.54. The summed E-state index contributed by atoms with van der Waals surface area (Å²) in [6.45, 7) is 31.0. The van der Waals surface area contributed by atoms with Crippen LogP contribution in [0.5, 0.6) is 0 Å². The van der Waals surface area contributed by atoms with E-state index in [4.69, 9.17) is 0 Å². The van der Waals surface area contributed by atoms with E-state index < -0.39 is 0 Å². The Hall–Kier alpha value is -5.22. The number of fused-ring (bicyclic) bond motifs is 7. The summed E-state index contributed by atoms with van der Waals surface area (Å²) < 4.78 is 0. The van der Waals surface area contributed by atoms with Crippen LogP contribution < -0.4 is 25.6 Å². The molecule has 0 N–H and O–H groups in total. The SMILES string of the molecule is CC1C=C2C(=CC1C(C)(C)C)B1c3cc(C(C)(C)C)ccc3N(c3ccc(C(C)(C)C)cc3)c3cc(N4c5ccccc5C5C=CC=CC54)cc(c31)N2C1=CCC(C(C)(C)C)C=C1. The number of anilines is 6. The molecule has 3 heterocycles. The van der Waals surface area contributed by atoms with Crippen LogP contribution in [0.3, 0.4) is 0 Å². The molecule has 4 aromatic rings. The largest absolute Gasteiger partial charge is 0.333 e. The number of allylic oxidation sites excluding steroid dienone is 8. The molecule has 0 radical (unpaired) electrons. The fraction of sp³-hybridized carbons (Fsp3) is 0.390. The first-order valence-corrected chi connectivity index (χ1v) is 23.8. The molecular formula is C59H68BN3. The predicted molar refractivity (Wildman–Crippen MR) is 272 cm³/mol. The van der Waals surface area contributed by atoms with E-state index in [-0.39, 0.29) is 34.4 Å². The van der Waals surface area contributed by atoms with Gasteiger partial charge in [0.1, 0.15) is 0 Å². The quantitative estimate of drug-likeness (QED) is 0.191. The molecule has 6 aliphatic rings. The van der Waals surface area contributed by atoms with Crippen molar-refractivity contribution in [3.8, 4) is 0 Å². The van der Waals surface area contributed by atoms with E-state index in [0.717, 1.165) is 6.42 Å². The average Bonchev–Trinajstić information content (AvgIpc) is 3.56. The van der Waals surface area contributed by atoms with E-state index in [1.807, 2.05) is 0 Å². The van der Waals surface area contributed by atoms with Crippen molar-refractivity contribution in [1.29, 1.82) is 0 Å². The average molecular weight is 830 g/mol. The second-order valence-corrected chi connectivity index (χ2v) is 23.7. The van der Waals surface area contributed by atoms with Gasteiger partial charge in [0.25, 0.3) is 6.71 Å². The van der Waals surface area contributed by atoms with Gasteiger partial charge < -0.3 is 14.7 Å². The van der Waals surface area contributed by atoms with E-state index in [9.17, 15) is 0 Å². The van der Waals surface area contributed by atoms with Crippen LogP contribution >= 0.6 is 0 Å². The molecule has 0 bridgehead atoms. The van der Waals surface area contributed by atoms with Gasteiger partial charge in [0.2, 0.25) is 0 Å². The second-order valence-electron chi connectivity index (χ2n) is 23.7. The zero-order valence-corrected chi connectivity index (χ0v) is 40.2. The molecule has 5 unspecified atom stereocenters. The minimum atomic E-state index is -0.00704. The molecular weight excluding hydrogens is 761 g/mol. The van der Waals surface area contributed by atoms with Crippen molar-refractivity contribution in [3.05, 3.63) is 167 Å². The third kappa shape index (κ3) is 6.85. The first-order valence-electron chi connectivity index (χ1n) is 23.8. The molecule has 0 spiro atoms. The van der Waals surface area contributed by atoms with Gasteiger partial charge in [-0.25, -0.2) is 0 Å². The van der Waals surface area contributed by atoms with Crippen molar-refractivity contribution in [2.24, 2.45) is 28.6 Å². The van der Waals surface area contributed by atoms with Crippen LogP contribution in [-0.2, 0) is 10.8 Å². The summed E-state index contributed by atoms with van der Waals surface area (Å²) in [6.07, 6.45) is 23.2. The number of rotatable bonds is 3. The van der Waals surface area contributed by atoms with Gasteiger partial charge in [-0.2, -0.15) is 0 Å². The standard InChI is InChI=1S/C59H68BN3/c1-37-32-52-48(36-46(37)59(11,12)13)60-47-33-40(58(8,9)10)26-31-51(47)61(41-27-22-38(23-28-41)56(2,3)4)53-34-43(63-49-20-16-14-18-44(49)45-19-15-17-21-50(45)63)35-54(55(53)60)62(52)42-29-24-39(25-30-42)57(5,6)7/h14-24,26-37,39,44,46,49H,25H2,1-13H3. The molecule has 322 valence electrons. The van der Waals surface area contributed by atoms with Crippen LogP contribution in [0.25, 0.3) is 0 Å². The molecule has 5 atom stereocenters. The number of benzene rings is 4. The molecule has 4 heteroatoms. The highest BCUT2D eigenvalue weighted by molar-refractivity contribution is 6.96. The van der Waals surface area contributed by atoms with E-state index in [2.05, 4.69) is 238 Å². The third-order valence-electron chi connectivity index (χ3n) is 15.2. The third-order valence-corrected chi connectivity index (χ3v) is 15.2. The van der Waals surface area contributed by atoms with Crippen molar-refractivity contribution in [2.45, 2.75) is 119 Å². The van der Waals surface area contributed by atoms with Crippen molar-refractivity contribution < 1.29 is 0 Å². The Kier molecular flexibility index (Phi) is 9.55. The summed E-state index contributed by atoms with van der Waals surface area (Å²) in [6, 6.07) is 31.3. The lowest BCUT2D eigenvalue weighted by molar-refractivity contribution is 0.243. The highest BCUT2D eigenvalue weighted by Gasteiger charge is 2.49. The van der Waals surface area contributed by atoms with Gasteiger partial charge in [-0.1, -0.05) is 181 Å². The Labute approximate surface area is 379 Å². The van der Waals surface area contributed by atoms with E-state index in [1.165, 1.54) is 78.6 Å². The zero-order valence-electron chi connectivity index (χ0n) is 40.2. The molecule has 0 saturated carbocycles. The summed E-state index contributed by atoms with van der Waals surface area (Å²) >= 11 is 0. The fourth-order valence-corrected chi connectivity index (χ4v) is 11.6. The number of nitrogens with zero attached hydrogens (tertiary/aromatic N) is 3.